The Morgan fingerprint density at radius 1 is 1.29 bits per heavy atom. The van der Waals surface area contributed by atoms with Crippen molar-refractivity contribution in [2.45, 2.75) is 13.8 Å². The van der Waals surface area contributed by atoms with Gasteiger partial charge in [0.1, 0.15) is 5.01 Å². The summed E-state index contributed by atoms with van der Waals surface area (Å²) in [6.45, 7) is 11.3. The van der Waals surface area contributed by atoms with Gasteiger partial charge in [-0.3, -0.25) is 4.99 Å². The number of hydrogen-bond donors (Lipinski definition) is 0. The number of hydrogen-bond acceptors (Lipinski definition) is 3. The third kappa shape index (κ3) is 3.26. The van der Waals surface area contributed by atoms with Crippen molar-refractivity contribution in [1.82, 2.24) is 4.98 Å². The van der Waals surface area contributed by atoms with E-state index in [2.05, 4.69) is 23.1 Å². The van der Waals surface area contributed by atoms with Crippen molar-refractivity contribution < 1.29 is 0 Å². The summed E-state index contributed by atoms with van der Waals surface area (Å²) in [4.78, 5) is 9.21. The van der Waals surface area contributed by atoms with Gasteiger partial charge in [0, 0.05) is 13.3 Å². The standard InChI is InChI=1S/C9H10N2S.C2H6/c1-4-7-8(6-10-3)12-9(5-2)11-7;1-2/h4-6H,1-2H2,3H3;1-2H3. The number of aromatic nitrogens is 1. The molecule has 0 radical (unpaired) electrons. The molecule has 2 nitrogen and oxygen atoms in total. The largest absolute Gasteiger partial charge is 0.295 e. The zero-order valence-electron chi connectivity index (χ0n) is 8.95. The molecule has 1 rings (SSSR count). The topological polar surface area (TPSA) is 25.2 Å². The summed E-state index contributed by atoms with van der Waals surface area (Å²) in [5.74, 6) is 0. The minimum absolute atomic E-state index is 0.875. The molecular formula is C11H16N2S. The van der Waals surface area contributed by atoms with Gasteiger partial charge >= 0.3 is 0 Å². The Labute approximate surface area is 89.7 Å². The van der Waals surface area contributed by atoms with Crippen LogP contribution in [0.25, 0.3) is 12.2 Å². The first-order valence-corrected chi connectivity index (χ1v) is 5.31. The number of rotatable bonds is 3. The van der Waals surface area contributed by atoms with Crippen LogP contribution in [0.4, 0.5) is 0 Å². The number of thiazole rings is 1. The second-order valence-electron chi connectivity index (χ2n) is 2.10. The van der Waals surface area contributed by atoms with Crippen LogP contribution in [0.1, 0.15) is 29.4 Å². The second-order valence-corrected chi connectivity index (χ2v) is 3.16. The summed E-state index contributed by atoms with van der Waals surface area (Å²) in [7, 11) is 1.74. The molecule has 1 aromatic heterocycles. The van der Waals surface area contributed by atoms with Crippen LogP contribution in [0.3, 0.4) is 0 Å². The highest BCUT2D eigenvalue weighted by Crippen LogP contribution is 2.18. The third-order valence-electron chi connectivity index (χ3n) is 1.31. The molecule has 0 aliphatic carbocycles. The van der Waals surface area contributed by atoms with Crippen LogP contribution >= 0.6 is 11.3 Å². The maximum atomic E-state index is 4.26. The number of aliphatic imine (C=N–C) groups is 1. The summed E-state index contributed by atoms with van der Waals surface area (Å²) in [6, 6.07) is 0. The van der Waals surface area contributed by atoms with E-state index >= 15 is 0 Å². The van der Waals surface area contributed by atoms with E-state index in [0.29, 0.717) is 0 Å². The average molecular weight is 208 g/mol. The lowest BCUT2D eigenvalue weighted by Gasteiger charge is -1.83. The molecule has 0 amide bonds. The van der Waals surface area contributed by atoms with E-state index in [1.165, 1.54) is 0 Å². The molecule has 0 N–H and O–H groups in total. The Balaban J connectivity index is 0.000000791. The summed E-state index contributed by atoms with van der Waals surface area (Å²) in [5, 5.41) is 0.903. The van der Waals surface area contributed by atoms with Gasteiger partial charge in [0.25, 0.3) is 0 Å². The predicted molar refractivity (Wildman–Crippen MR) is 67.2 cm³/mol. The van der Waals surface area contributed by atoms with E-state index in [1.54, 1.807) is 36.8 Å². The van der Waals surface area contributed by atoms with Gasteiger partial charge in [0.2, 0.25) is 0 Å². The highest BCUT2D eigenvalue weighted by Gasteiger charge is 2.02. The Morgan fingerprint density at radius 3 is 2.36 bits per heavy atom. The van der Waals surface area contributed by atoms with Gasteiger partial charge < -0.3 is 0 Å². The van der Waals surface area contributed by atoms with Crippen LogP contribution in [0.5, 0.6) is 0 Å². The van der Waals surface area contributed by atoms with Crippen molar-refractivity contribution in [2.75, 3.05) is 7.05 Å². The molecule has 3 heteroatoms. The smallest absolute Gasteiger partial charge is 0.116 e. The molecule has 0 fully saturated rings. The van der Waals surface area contributed by atoms with Crippen LogP contribution in [-0.2, 0) is 0 Å². The fourth-order valence-corrected chi connectivity index (χ4v) is 1.65. The lowest BCUT2D eigenvalue weighted by molar-refractivity contribution is 1.35. The van der Waals surface area contributed by atoms with Crippen LogP contribution in [0, 0.1) is 0 Å². The van der Waals surface area contributed by atoms with Gasteiger partial charge in [-0.2, -0.15) is 0 Å². The van der Waals surface area contributed by atoms with Gasteiger partial charge in [0.05, 0.1) is 10.6 Å². The molecule has 1 heterocycles. The van der Waals surface area contributed by atoms with Crippen molar-refractivity contribution in [3.8, 4) is 0 Å². The van der Waals surface area contributed by atoms with Crippen LogP contribution < -0.4 is 0 Å². The van der Waals surface area contributed by atoms with E-state index < -0.39 is 0 Å². The van der Waals surface area contributed by atoms with Crippen molar-refractivity contribution in [3.05, 3.63) is 28.7 Å². The third-order valence-corrected chi connectivity index (χ3v) is 2.31. The highest BCUT2D eigenvalue weighted by molar-refractivity contribution is 7.14. The van der Waals surface area contributed by atoms with E-state index in [4.69, 9.17) is 0 Å². The summed E-state index contributed by atoms with van der Waals surface area (Å²) >= 11 is 1.56. The van der Waals surface area contributed by atoms with Crippen molar-refractivity contribution in [3.63, 3.8) is 0 Å². The lowest BCUT2D eigenvalue weighted by atomic mass is 10.4. The minimum Gasteiger partial charge on any atom is -0.295 e. The first-order valence-electron chi connectivity index (χ1n) is 4.49. The van der Waals surface area contributed by atoms with Crippen molar-refractivity contribution in [2.24, 2.45) is 4.99 Å². The van der Waals surface area contributed by atoms with Crippen molar-refractivity contribution >= 4 is 29.7 Å². The maximum absolute atomic E-state index is 4.26. The maximum Gasteiger partial charge on any atom is 0.116 e. The van der Waals surface area contributed by atoms with Crippen LogP contribution in [0.2, 0.25) is 0 Å². The first kappa shape index (κ1) is 12.8. The summed E-state index contributed by atoms with van der Waals surface area (Å²) < 4.78 is 0. The average Bonchev–Trinajstić information content (AvgIpc) is 2.64. The molecule has 0 atom stereocenters. The van der Waals surface area contributed by atoms with Gasteiger partial charge in [-0.15, -0.1) is 11.3 Å². The fourth-order valence-electron chi connectivity index (χ4n) is 0.805. The Kier molecular flexibility index (Phi) is 6.58. The normalized spacial score (nSPS) is 9.36. The zero-order valence-corrected chi connectivity index (χ0v) is 9.77. The Bertz CT molecular complexity index is 324. The monoisotopic (exact) mass is 208 g/mol. The minimum atomic E-state index is 0.875. The van der Waals surface area contributed by atoms with E-state index in [-0.39, 0.29) is 0 Å². The molecule has 1 aromatic rings. The van der Waals surface area contributed by atoms with Crippen LogP contribution in [0.15, 0.2) is 18.2 Å². The molecule has 0 aliphatic rings. The van der Waals surface area contributed by atoms with E-state index in [9.17, 15) is 0 Å². The SMILES string of the molecule is C=Cc1nc(C=C)c(C=NC)s1.CC. The summed E-state index contributed by atoms with van der Waals surface area (Å²) in [5.41, 5.74) is 0.875. The lowest BCUT2D eigenvalue weighted by Crippen LogP contribution is -1.79. The van der Waals surface area contributed by atoms with Crippen molar-refractivity contribution in [1.29, 1.82) is 0 Å². The zero-order chi connectivity index (χ0) is 11.0. The first-order chi connectivity index (χ1) is 6.81. The van der Waals surface area contributed by atoms with Gasteiger partial charge in [-0.05, 0) is 12.2 Å². The molecule has 0 bridgehead atoms. The van der Waals surface area contributed by atoms with Crippen LogP contribution in [-0.4, -0.2) is 18.2 Å². The quantitative estimate of drug-likeness (QED) is 0.698. The Morgan fingerprint density at radius 2 is 1.93 bits per heavy atom. The van der Waals surface area contributed by atoms with Gasteiger partial charge in [-0.1, -0.05) is 27.0 Å². The molecule has 0 saturated carbocycles. The molecule has 14 heavy (non-hydrogen) atoms. The molecule has 0 spiro atoms. The predicted octanol–water partition coefficient (Wildman–Crippen LogP) is 3.50. The highest BCUT2D eigenvalue weighted by atomic mass is 32.1. The number of nitrogens with zero attached hydrogens (tertiary/aromatic N) is 2. The second kappa shape index (κ2) is 7.21. The molecule has 0 aliphatic heterocycles. The molecule has 76 valence electrons. The summed E-state index contributed by atoms with van der Waals surface area (Å²) in [6.07, 6.45) is 5.23. The molecule has 0 saturated heterocycles. The molecule has 0 unspecified atom stereocenters. The fraction of sp³-hybridized carbons (Fsp3) is 0.273. The van der Waals surface area contributed by atoms with Gasteiger partial charge in [-0.25, -0.2) is 4.98 Å². The van der Waals surface area contributed by atoms with Gasteiger partial charge in [0.15, 0.2) is 0 Å². The molecular weight excluding hydrogens is 192 g/mol. The molecule has 0 aromatic carbocycles. The van der Waals surface area contributed by atoms with E-state index in [1.807, 2.05) is 13.8 Å². The van der Waals surface area contributed by atoms with E-state index in [0.717, 1.165) is 15.6 Å². The Hall–Kier alpha value is -1.22.